The van der Waals surface area contributed by atoms with Crippen LogP contribution in [0.3, 0.4) is 0 Å². The lowest BCUT2D eigenvalue weighted by molar-refractivity contribution is -0.276. The van der Waals surface area contributed by atoms with Crippen LogP contribution in [-0.2, 0) is 21.1 Å². The molecule has 4 rings (SSSR count). The Hall–Kier alpha value is -3.15. The molecule has 1 amide bonds. The minimum Gasteiger partial charge on any atom is -0.405 e. The van der Waals surface area contributed by atoms with E-state index in [-0.39, 0.29) is 35.8 Å². The summed E-state index contributed by atoms with van der Waals surface area (Å²) in [5, 5.41) is 2.98. The molecule has 12 heteroatoms. The maximum absolute atomic E-state index is 13.3. The Morgan fingerprint density at radius 3 is 2.05 bits per heavy atom. The molecule has 42 heavy (non-hydrogen) atoms. The summed E-state index contributed by atoms with van der Waals surface area (Å²) in [5.41, 5.74) is 1.05. The quantitative estimate of drug-likeness (QED) is 0.347. The largest absolute Gasteiger partial charge is 0.573 e. The number of piperazine rings is 1. The molecule has 6 nitrogen and oxygen atoms in total. The van der Waals surface area contributed by atoms with Crippen molar-refractivity contribution in [2.75, 3.05) is 43.0 Å². The summed E-state index contributed by atoms with van der Waals surface area (Å²) >= 11 is 0. The van der Waals surface area contributed by atoms with E-state index in [1.165, 1.54) is 5.56 Å². The molecule has 1 aliphatic carbocycles. The van der Waals surface area contributed by atoms with E-state index in [1.807, 2.05) is 0 Å². The molecule has 1 heterocycles. The van der Waals surface area contributed by atoms with Gasteiger partial charge in [-0.3, -0.25) is 4.79 Å². The zero-order valence-corrected chi connectivity index (χ0v) is 23.9. The highest BCUT2D eigenvalue weighted by molar-refractivity contribution is 5.77. The van der Waals surface area contributed by atoms with Gasteiger partial charge in [-0.15, -0.1) is 13.2 Å². The van der Waals surface area contributed by atoms with Gasteiger partial charge in [-0.1, -0.05) is 32.9 Å². The number of carbonyl (C=O) groups excluding carboxylic acids is 1. The zero-order chi connectivity index (χ0) is 30.7. The molecular formula is C30H37F6N3O3. The van der Waals surface area contributed by atoms with Gasteiger partial charge >= 0.3 is 12.5 Å². The van der Waals surface area contributed by atoms with E-state index < -0.39 is 23.9 Å². The Kier molecular flexibility index (Phi) is 9.54. The van der Waals surface area contributed by atoms with Crippen molar-refractivity contribution in [2.45, 2.75) is 76.6 Å². The lowest BCUT2D eigenvalue weighted by Gasteiger charge is -2.37. The standard InChI is InChI=1S/C30H37F6N3O3/c1-28(2,3)20-4-9-23(10-5-20)38-14-16-39(17-15-38)27(40)19-41-24-11-6-21(7-12-24)37-22-8-13-26(42-30(34,35)36)25(18-22)29(31,32)33/h4-5,8-10,13,18,21,24,37H,6-7,11-12,14-17,19H2,1-3H3. The van der Waals surface area contributed by atoms with Crippen molar-refractivity contribution in [1.82, 2.24) is 4.90 Å². The molecule has 0 aromatic heterocycles. The fourth-order valence-corrected chi connectivity index (χ4v) is 5.33. The lowest BCUT2D eigenvalue weighted by atomic mass is 9.87. The summed E-state index contributed by atoms with van der Waals surface area (Å²) in [4.78, 5) is 16.8. The van der Waals surface area contributed by atoms with E-state index in [4.69, 9.17) is 4.74 Å². The molecule has 232 valence electrons. The Bertz CT molecular complexity index is 1190. The van der Waals surface area contributed by atoms with Crippen molar-refractivity contribution in [3.8, 4) is 5.75 Å². The van der Waals surface area contributed by atoms with Gasteiger partial charge in [0.05, 0.1) is 11.7 Å². The average molecular weight is 602 g/mol. The molecule has 1 aliphatic heterocycles. The predicted octanol–water partition coefficient (Wildman–Crippen LogP) is 6.99. The third-order valence-corrected chi connectivity index (χ3v) is 7.73. The maximum atomic E-state index is 13.3. The summed E-state index contributed by atoms with van der Waals surface area (Å²) in [6.45, 7) is 9.17. The third kappa shape index (κ3) is 8.68. The van der Waals surface area contributed by atoms with Crippen LogP contribution in [0.2, 0.25) is 0 Å². The summed E-state index contributed by atoms with van der Waals surface area (Å²) in [7, 11) is 0. The van der Waals surface area contributed by atoms with Crippen LogP contribution in [0.15, 0.2) is 42.5 Å². The Morgan fingerprint density at radius 2 is 1.50 bits per heavy atom. The van der Waals surface area contributed by atoms with Gasteiger partial charge < -0.3 is 24.6 Å². The van der Waals surface area contributed by atoms with Gasteiger partial charge in [0.25, 0.3) is 0 Å². The number of amides is 1. The highest BCUT2D eigenvalue weighted by Crippen LogP contribution is 2.40. The maximum Gasteiger partial charge on any atom is 0.573 e. The fourth-order valence-electron chi connectivity index (χ4n) is 5.33. The number of carbonyl (C=O) groups is 1. The summed E-state index contributed by atoms with van der Waals surface area (Å²) < 4.78 is 87.0. The highest BCUT2D eigenvalue weighted by atomic mass is 19.4. The van der Waals surface area contributed by atoms with E-state index in [2.05, 4.69) is 60.0 Å². The van der Waals surface area contributed by atoms with Crippen molar-refractivity contribution in [3.05, 3.63) is 53.6 Å². The minimum absolute atomic E-state index is 0.0291. The van der Waals surface area contributed by atoms with Crippen molar-refractivity contribution >= 4 is 17.3 Å². The van der Waals surface area contributed by atoms with Crippen LogP contribution in [0.1, 0.15) is 57.6 Å². The van der Waals surface area contributed by atoms with Crippen LogP contribution >= 0.6 is 0 Å². The Balaban J connectivity index is 1.20. The van der Waals surface area contributed by atoms with Crippen molar-refractivity contribution in [2.24, 2.45) is 0 Å². The average Bonchev–Trinajstić information content (AvgIpc) is 2.91. The van der Waals surface area contributed by atoms with Crippen molar-refractivity contribution in [3.63, 3.8) is 0 Å². The Morgan fingerprint density at radius 1 is 0.881 bits per heavy atom. The number of alkyl halides is 6. The van der Waals surface area contributed by atoms with Crippen LogP contribution in [0, 0.1) is 0 Å². The molecule has 0 radical (unpaired) electrons. The smallest absolute Gasteiger partial charge is 0.405 e. The molecule has 2 aromatic rings. The Labute approximate surface area is 241 Å². The molecule has 1 N–H and O–H groups in total. The molecule has 1 saturated heterocycles. The molecular weight excluding hydrogens is 564 g/mol. The van der Waals surface area contributed by atoms with E-state index in [0.29, 0.717) is 50.9 Å². The van der Waals surface area contributed by atoms with Gasteiger partial charge in [0.2, 0.25) is 5.91 Å². The van der Waals surface area contributed by atoms with E-state index >= 15 is 0 Å². The molecule has 0 bridgehead atoms. The van der Waals surface area contributed by atoms with E-state index in [0.717, 1.165) is 24.8 Å². The van der Waals surface area contributed by atoms with Crippen LogP contribution in [0.4, 0.5) is 37.7 Å². The van der Waals surface area contributed by atoms with Gasteiger partial charge in [0.1, 0.15) is 12.4 Å². The monoisotopic (exact) mass is 601 g/mol. The van der Waals surface area contributed by atoms with Gasteiger partial charge in [-0.25, -0.2) is 0 Å². The molecule has 2 fully saturated rings. The van der Waals surface area contributed by atoms with Gasteiger partial charge in [0.15, 0.2) is 0 Å². The van der Waals surface area contributed by atoms with Crippen LogP contribution < -0.4 is 15.0 Å². The second-order valence-corrected chi connectivity index (χ2v) is 11.9. The number of nitrogens with zero attached hydrogens (tertiary/aromatic N) is 2. The molecule has 1 saturated carbocycles. The number of rotatable bonds is 7. The van der Waals surface area contributed by atoms with Gasteiger partial charge in [0, 0.05) is 43.6 Å². The number of anilines is 2. The topological polar surface area (TPSA) is 54.0 Å². The summed E-state index contributed by atoms with van der Waals surface area (Å²) in [6, 6.07) is 10.8. The van der Waals surface area contributed by atoms with Crippen LogP contribution in [0.5, 0.6) is 5.75 Å². The molecule has 0 unspecified atom stereocenters. The summed E-state index contributed by atoms with van der Waals surface area (Å²) in [5.74, 6) is -1.36. The first kappa shape index (κ1) is 31.8. The zero-order valence-electron chi connectivity index (χ0n) is 23.9. The number of benzene rings is 2. The number of hydrogen-bond acceptors (Lipinski definition) is 5. The number of nitrogens with one attached hydrogen (secondary N) is 1. The highest BCUT2D eigenvalue weighted by Gasteiger charge is 2.39. The first-order valence-corrected chi connectivity index (χ1v) is 14.1. The fraction of sp³-hybridized carbons (Fsp3) is 0.567. The second-order valence-electron chi connectivity index (χ2n) is 11.9. The summed E-state index contributed by atoms with van der Waals surface area (Å²) in [6.07, 6.45) is -8.04. The van der Waals surface area contributed by atoms with Crippen LogP contribution in [0.25, 0.3) is 0 Å². The third-order valence-electron chi connectivity index (χ3n) is 7.73. The number of halogens is 6. The predicted molar refractivity (Wildman–Crippen MR) is 148 cm³/mol. The van der Waals surface area contributed by atoms with Crippen LogP contribution in [-0.4, -0.2) is 62.1 Å². The SMILES string of the molecule is CC(C)(C)c1ccc(N2CCN(C(=O)COC3CCC(Nc4ccc(OC(F)(F)F)c(C(F)(F)F)c4)CC3)CC2)cc1. The van der Waals surface area contributed by atoms with E-state index in [9.17, 15) is 31.1 Å². The molecule has 2 aliphatic rings. The first-order valence-electron chi connectivity index (χ1n) is 14.1. The molecule has 2 aromatic carbocycles. The lowest BCUT2D eigenvalue weighted by Crippen LogP contribution is -2.50. The van der Waals surface area contributed by atoms with Crippen molar-refractivity contribution < 1.29 is 40.6 Å². The number of ether oxygens (including phenoxy) is 2. The molecule has 0 spiro atoms. The van der Waals surface area contributed by atoms with Crippen molar-refractivity contribution in [1.29, 1.82) is 0 Å². The first-order chi connectivity index (χ1) is 19.6. The molecule has 0 atom stereocenters. The van der Waals surface area contributed by atoms with Gasteiger partial charge in [-0.05, 0) is 67.0 Å². The normalized spacial score (nSPS) is 20.4. The second kappa shape index (κ2) is 12.6. The minimum atomic E-state index is -5.23. The number of hydrogen-bond donors (Lipinski definition) is 1. The van der Waals surface area contributed by atoms with E-state index in [1.54, 1.807) is 4.90 Å². The van der Waals surface area contributed by atoms with Gasteiger partial charge in [-0.2, -0.15) is 13.2 Å².